The van der Waals surface area contributed by atoms with Gasteiger partial charge in [0.05, 0.1) is 0 Å². The smallest absolute Gasteiger partial charge is 0.428 e. The quantitative estimate of drug-likeness (QED) is 0.920. The molecule has 24 heavy (non-hydrogen) atoms. The molecule has 1 N–H and O–H groups in total. The van der Waals surface area contributed by atoms with Gasteiger partial charge in [0.15, 0.2) is 0 Å². The molecule has 0 aromatic heterocycles. The molecule has 2 aromatic rings. The van der Waals surface area contributed by atoms with Crippen molar-refractivity contribution in [1.29, 1.82) is 0 Å². The maximum atomic E-state index is 13.2. The number of benzene rings is 2. The Morgan fingerprint density at radius 2 is 1.83 bits per heavy atom. The number of amides is 1. The zero-order valence-electron chi connectivity index (χ0n) is 13.3. The molecule has 0 unspecified atom stereocenters. The highest BCUT2D eigenvalue weighted by atomic mass is 19.1. The molecule has 2 aliphatic rings. The van der Waals surface area contributed by atoms with Crippen molar-refractivity contribution in [1.82, 2.24) is 5.43 Å². The average molecular weight is 324 g/mol. The van der Waals surface area contributed by atoms with Crippen molar-refractivity contribution in [2.45, 2.75) is 31.8 Å². The van der Waals surface area contributed by atoms with Crippen LogP contribution in [0.3, 0.4) is 0 Å². The van der Waals surface area contributed by atoms with Crippen molar-refractivity contribution in [2.75, 3.05) is 0 Å². The van der Waals surface area contributed by atoms with Crippen LogP contribution in [0.15, 0.2) is 47.6 Å². The SMILES string of the molecule is C[C@@H]1OC(=O)NN=C1c1ccc(-c2ccc(F)cc2)c(C2CC2)c1. The third kappa shape index (κ3) is 2.77. The lowest BCUT2D eigenvalue weighted by Crippen LogP contribution is -2.37. The fourth-order valence-corrected chi connectivity index (χ4v) is 3.09. The lowest BCUT2D eigenvalue weighted by molar-refractivity contribution is 0.127. The van der Waals surface area contributed by atoms with Crippen LogP contribution in [0, 0.1) is 5.82 Å². The van der Waals surface area contributed by atoms with Crippen LogP contribution in [0.4, 0.5) is 9.18 Å². The molecular weight excluding hydrogens is 307 g/mol. The number of hydrazone groups is 1. The predicted octanol–water partition coefficient (Wildman–Crippen LogP) is 4.20. The number of rotatable bonds is 3. The molecule has 1 fully saturated rings. The number of cyclic esters (lactones) is 1. The molecule has 1 heterocycles. The van der Waals surface area contributed by atoms with E-state index in [2.05, 4.69) is 16.6 Å². The summed E-state index contributed by atoms with van der Waals surface area (Å²) >= 11 is 0. The van der Waals surface area contributed by atoms with Gasteiger partial charge < -0.3 is 4.74 Å². The van der Waals surface area contributed by atoms with Gasteiger partial charge in [-0.25, -0.2) is 14.6 Å². The zero-order valence-corrected chi connectivity index (χ0v) is 13.3. The third-order valence-corrected chi connectivity index (χ3v) is 4.46. The van der Waals surface area contributed by atoms with E-state index in [4.69, 9.17) is 4.74 Å². The predicted molar refractivity (Wildman–Crippen MR) is 89.4 cm³/mol. The topological polar surface area (TPSA) is 50.7 Å². The molecule has 1 atom stereocenters. The van der Waals surface area contributed by atoms with E-state index in [9.17, 15) is 9.18 Å². The summed E-state index contributed by atoms with van der Waals surface area (Å²) in [7, 11) is 0. The first-order valence-electron chi connectivity index (χ1n) is 8.06. The number of halogens is 1. The van der Waals surface area contributed by atoms with Gasteiger partial charge in [-0.05, 0) is 60.6 Å². The summed E-state index contributed by atoms with van der Waals surface area (Å²) in [5, 5.41) is 4.14. The second kappa shape index (κ2) is 5.74. The highest BCUT2D eigenvalue weighted by Crippen LogP contribution is 2.45. The van der Waals surface area contributed by atoms with Crippen LogP contribution >= 0.6 is 0 Å². The Morgan fingerprint density at radius 3 is 2.50 bits per heavy atom. The van der Waals surface area contributed by atoms with Gasteiger partial charge in [0.25, 0.3) is 0 Å². The number of carbonyl (C=O) groups is 1. The zero-order chi connectivity index (χ0) is 16.7. The second-order valence-electron chi connectivity index (χ2n) is 6.24. The highest BCUT2D eigenvalue weighted by molar-refractivity contribution is 6.06. The van der Waals surface area contributed by atoms with Crippen molar-refractivity contribution >= 4 is 11.8 Å². The lowest BCUT2D eigenvalue weighted by atomic mass is 9.92. The first-order chi connectivity index (χ1) is 11.6. The molecule has 0 bridgehead atoms. The van der Waals surface area contributed by atoms with Crippen molar-refractivity contribution in [3.05, 3.63) is 59.4 Å². The van der Waals surface area contributed by atoms with E-state index >= 15 is 0 Å². The number of hydrogen-bond acceptors (Lipinski definition) is 3. The molecule has 0 spiro atoms. The number of nitrogens with one attached hydrogen (secondary N) is 1. The standard InChI is InChI=1S/C19H17FN2O2/c1-11-18(21-22-19(23)24-11)14-6-9-16(17(10-14)13-2-3-13)12-4-7-15(20)8-5-12/h4-11,13H,2-3H2,1H3,(H,22,23)/t11-/m0/s1. The summed E-state index contributed by atoms with van der Waals surface area (Å²) in [6, 6.07) is 12.7. The van der Waals surface area contributed by atoms with Crippen molar-refractivity contribution in [3.63, 3.8) is 0 Å². The van der Waals surface area contributed by atoms with Crippen LogP contribution in [0.2, 0.25) is 0 Å². The molecule has 0 saturated heterocycles. The molecular formula is C19H17FN2O2. The minimum absolute atomic E-state index is 0.235. The molecule has 4 rings (SSSR count). The normalized spacial score (nSPS) is 20.2. The average Bonchev–Trinajstić information content (AvgIpc) is 3.40. The first-order valence-corrected chi connectivity index (χ1v) is 8.06. The lowest BCUT2D eigenvalue weighted by Gasteiger charge is -2.21. The Kier molecular flexibility index (Phi) is 3.56. The van der Waals surface area contributed by atoms with Gasteiger partial charge in [-0.1, -0.05) is 24.3 Å². The fraction of sp³-hybridized carbons (Fsp3) is 0.263. The highest BCUT2D eigenvalue weighted by Gasteiger charge is 2.29. The Hall–Kier alpha value is -2.69. The van der Waals surface area contributed by atoms with Gasteiger partial charge in [-0.2, -0.15) is 5.10 Å². The Morgan fingerprint density at radius 1 is 1.12 bits per heavy atom. The minimum atomic E-state index is -0.531. The van der Waals surface area contributed by atoms with Gasteiger partial charge in [0, 0.05) is 5.56 Å². The number of nitrogens with zero attached hydrogens (tertiary/aromatic N) is 1. The molecule has 0 radical (unpaired) electrons. The Labute approximate surface area is 139 Å². The molecule has 122 valence electrons. The second-order valence-corrected chi connectivity index (χ2v) is 6.24. The summed E-state index contributed by atoms with van der Waals surface area (Å²) in [4.78, 5) is 11.2. The van der Waals surface area contributed by atoms with Crippen LogP contribution in [-0.4, -0.2) is 17.9 Å². The molecule has 1 aliphatic carbocycles. The van der Waals surface area contributed by atoms with E-state index in [1.807, 2.05) is 19.1 Å². The van der Waals surface area contributed by atoms with Crippen LogP contribution in [0.25, 0.3) is 11.1 Å². The summed E-state index contributed by atoms with van der Waals surface area (Å²) in [5.74, 6) is 0.293. The molecule has 2 aromatic carbocycles. The maximum absolute atomic E-state index is 13.2. The van der Waals surface area contributed by atoms with Crippen LogP contribution in [-0.2, 0) is 4.74 Å². The van der Waals surface area contributed by atoms with E-state index < -0.39 is 6.09 Å². The summed E-state index contributed by atoms with van der Waals surface area (Å²) in [6.45, 7) is 1.81. The van der Waals surface area contributed by atoms with Crippen molar-refractivity contribution < 1.29 is 13.9 Å². The van der Waals surface area contributed by atoms with E-state index in [0.29, 0.717) is 11.6 Å². The van der Waals surface area contributed by atoms with Gasteiger partial charge in [-0.3, -0.25) is 0 Å². The molecule has 1 aliphatic heterocycles. The number of ether oxygens (including phenoxy) is 1. The summed E-state index contributed by atoms with van der Waals surface area (Å²) < 4.78 is 18.4. The molecule has 4 nitrogen and oxygen atoms in total. The first kappa shape index (κ1) is 14.9. The summed E-state index contributed by atoms with van der Waals surface area (Å²) in [5.41, 5.74) is 7.38. The van der Waals surface area contributed by atoms with Gasteiger partial charge in [0.1, 0.15) is 17.6 Å². The Bertz CT molecular complexity index is 826. The van der Waals surface area contributed by atoms with E-state index in [1.165, 1.54) is 17.7 Å². The number of hydrogen-bond donors (Lipinski definition) is 1. The maximum Gasteiger partial charge on any atom is 0.428 e. The molecule has 1 saturated carbocycles. The minimum Gasteiger partial charge on any atom is -0.439 e. The van der Waals surface area contributed by atoms with Crippen molar-refractivity contribution in [2.24, 2.45) is 5.10 Å². The summed E-state index contributed by atoms with van der Waals surface area (Å²) in [6.07, 6.45) is 1.40. The van der Waals surface area contributed by atoms with E-state index in [0.717, 1.165) is 29.5 Å². The fourth-order valence-electron chi connectivity index (χ4n) is 3.09. The van der Waals surface area contributed by atoms with E-state index in [1.54, 1.807) is 12.1 Å². The van der Waals surface area contributed by atoms with Crippen LogP contribution < -0.4 is 5.43 Å². The van der Waals surface area contributed by atoms with E-state index in [-0.39, 0.29) is 11.9 Å². The molecule has 5 heteroatoms. The third-order valence-electron chi connectivity index (χ3n) is 4.46. The largest absolute Gasteiger partial charge is 0.439 e. The monoisotopic (exact) mass is 324 g/mol. The van der Waals surface area contributed by atoms with Gasteiger partial charge in [-0.15, -0.1) is 0 Å². The molecule has 1 amide bonds. The Balaban J connectivity index is 1.76. The van der Waals surface area contributed by atoms with Crippen LogP contribution in [0.1, 0.15) is 36.8 Å². The van der Waals surface area contributed by atoms with Gasteiger partial charge >= 0.3 is 6.09 Å². The number of carbonyl (C=O) groups excluding carboxylic acids is 1. The van der Waals surface area contributed by atoms with Crippen molar-refractivity contribution in [3.8, 4) is 11.1 Å². The van der Waals surface area contributed by atoms with Gasteiger partial charge in [0.2, 0.25) is 0 Å². The van der Waals surface area contributed by atoms with Crippen LogP contribution in [0.5, 0.6) is 0 Å².